The minimum atomic E-state index is -4.43. The monoisotopic (exact) mass is 501 g/mol. The first-order chi connectivity index (χ1) is 17.4. The largest absolute Gasteiger partial charge is 0.416 e. The van der Waals surface area contributed by atoms with E-state index in [2.05, 4.69) is 22.5 Å². The van der Waals surface area contributed by atoms with Crippen LogP contribution >= 0.6 is 0 Å². The van der Waals surface area contributed by atoms with Crippen molar-refractivity contribution in [1.29, 1.82) is 0 Å². The Hall–Kier alpha value is -2.71. The third kappa shape index (κ3) is 8.75. The van der Waals surface area contributed by atoms with Gasteiger partial charge in [-0.3, -0.25) is 0 Å². The lowest BCUT2D eigenvalue weighted by molar-refractivity contribution is -0.137. The van der Waals surface area contributed by atoms with Gasteiger partial charge < -0.3 is 4.52 Å². The van der Waals surface area contributed by atoms with Crippen molar-refractivity contribution in [2.45, 2.75) is 89.8 Å². The Kier molecular flexibility index (Phi) is 10.9. The van der Waals surface area contributed by atoms with E-state index in [1.54, 1.807) is 30.3 Å². The molecule has 1 heterocycles. The van der Waals surface area contributed by atoms with E-state index < -0.39 is 17.8 Å². The fraction of sp³-hybridized carbons (Fsp3) is 0.500. The molecule has 3 aromatic rings. The van der Waals surface area contributed by atoms with Gasteiger partial charge in [0.05, 0.1) is 11.6 Å². The van der Waals surface area contributed by atoms with Gasteiger partial charge in [0.25, 0.3) is 5.89 Å². The van der Waals surface area contributed by atoms with Crippen molar-refractivity contribution in [3.63, 3.8) is 0 Å². The molecule has 2 radical (unpaired) electrons. The lowest BCUT2D eigenvalue weighted by Crippen LogP contribution is -2.13. The number of unbranched alkanes of at least 4 members (excludes halogenated alkanes) is 8. The number of hydroxylamine groups is 1. The number of aromatic nitrogens is 2. The van der Waals surface area contributed by atoms with E-state index in [4.69, 9.17) is 4.52 Å². The number of hydrogen-bond acceptors (Lipinski definition) is 3. The number of benzene rings is 2. The Bertz CT molecular complexity index is 1040. The molecule has 0 bridgehead atoms. The SMILES string of the molecule is CCCCCCCCCCCc1noc(-c2ccc(C(Cc3cccc(C(F)(F)F)c3)[N][O])cc2)n1. The summed E-state index contributed by atoms with van der Waals surface area (Å²) >= 11 is 0. The van der Waals surface area contributed by atoms with Crippen LogP contribution in [0.25, 0.3) is 11.5 Å². The molecule has 0 spiro atoms. The lowest BCUT2D eigenvalue weighted by Gasteiger charge is -2.14. The van der Waals surface area contributed by atoms with E-state index in [9.17, 15) is 18.4 Å². The van der Waals surface area contributed by atoms with Crippen LogP contribution in [0.15, 0.2) is 53.1 Å². The van der Waals surface area contributed by atoms with Gasteiger partial charge in [-0.15, -0.1) is 5.21 Å². The van der Waals surface area contributed by atoms with Gasteiger partial charge in [-0.25, -0.2) is 0 Å². The number of nitrogens with zero attached hydrogens (tertiary/aromatic N) is 3. The first-order valence-corrected chi connectivity index (χ1v) is 12.8. The van der Waals surface area contributed by atoms with Crippen LogP contribution in [0.4, 0.5) is 13.2 Å². The van der Waals surface area contributed by atoms with Gasteiger partial charge in [0.1, 0.15) is 0 Å². The van der Waals surface area contributed by atoms with Crippen molar-refractivity contribution in [3.8, 4) is 11.5 Å². The molecule has 1 atom stereocenters. The fourth-order valence-electron chi connectivity index (χ4n) is 4.23. The van der Waals surface area contributed by atoms with E-state index in [1.807, 2.05) is 0 Å². The molecule has 5 nitrogen and oxygen atoms in total. The summed E-state index contributed by atoms with van der Waals surface area (Å²) in [6.07, 6.45) is 7.67. The van der Waals surface area contributed by atoms with Gasteiger partial charge in [0.15, 0.2) is 5.82 Å². The van der Waals surface area contributed by atoms with Crippen molar-refractivity contribution >= 4 is 0 Å². The zero-order valence-corrected chi connectivity index (χ0v) is 20.8. The maximum Gasteiger partial charge on any atom is 0.416 e. The molecule has 0 amide bonds. The summed E-state index contributed by atoms with van der Waals surface area (Å²) in [6, 6.07) is 11.1. The molecule has 1 unspecified atom stereocenters. The van der Waals surface area contributed by atoms with Crippen LogP contribution in [0.1, 0.15) is 93.3 Å². The Labute approximate surface area is 211 Å². The summed E-state index contributed by atoms with van der Waals surface area (Å²) in [5.41, 5.74) is 4.13. The summed E-state index contributed by atoms with van der Waals surface area (Å²) in [4.78, 5) is 4.47. The molecule has 0 aliphatic carbocycles. The smallest absolute Gasteiger partial charge is 0.334 e. The fourth-order valence-corrected chi connectivity index (χ4v) is 4.23. The first kappa shape index (κ1) is 27.9. The molecule has 0 aliphatic heterocycles. The Balaban J connectivity index is 1.49. The minimum absolute atomic E-state index is 0.0796. The zero-order valence-electron chi connectivity index (χ0n) is 20.8. The van der Waals surface area contributed by atoms with E-state index in [0.29, 0.717) is 28.4 Å². The summed E-state index contributed by atoms with van der Waals surface area (Å²) in [6.45, 7) is 2.23. The molecule has 3 rings (SSSR count). The molecule has 0 saturated heterocycles. The highest BCUT2D eigenvalue weighted by molar-refractivity contribution is 5.53. The third-order valence-electron chi connectivity index (χ3n) is 6.33. The van der Waals surface area contributed by atoms with E-state index in [-0.39, 0.29) is 6.42 Å². The van der Waals surface area contributed by atoms with Crippen molar-refractivity contribution in [3.05, 3.63) is 71.0 Å². The van der Waals surface area contributed by atoms with Gasteiger partial charge in [-0.2, -0.15) is 18.2 Å². The molecular formula is C28H34F3N3O2. The van der Waals surface area contributed by atoms with Gasteiger partial charge in [-0.1, -0.05) is 99.3 Å². The average Bonchev–Trinajstić information content (AvgIpc) is 3.35. The maximum absolute atomic E-state index is 13.0. The molecule has 1 aromatic heterocycles. The average molecular weight is 502 g/mol. The van der Waals surface area contributed by atoms with Crippen LogP contribution in [0.3, 0.4) is 0 Å². The van der Waals surface area contributed by atoms with Crippen LogP contribution in [0.5, 0.6) is 0 Å². The van der Waals surface area contributed by atoms with Crippen molar-refractivity contribution in [2.75, 3.05) is 0 Å². The highest BCUT2D eigenvalue weighted by atomic mass is 19.4. The Morgan fingerprint density at radius 3 is 2.22 bits per heavy atom. The number of aryl methyl sites for hydroxylation is 1. The summed E-state index contributed by atoms with van der Waals surface area (Å²) in [7, 11) is 0. The van der Waals surface area contributed by atoms with Crippen molar-refractivity contribution in [2.24, 2.45) is 0 Å². The summed E-state index contributed by atoms with van der Waals surface area (Å²) in [5.74, 6) is 1.08. The Morgan fingerprint density at radius 1 is 0.917 bits per heavy atom. The van der Waals surface area contributed by atoms with Crippen LogP contribution in [0.2, 0.25) is 0 Å². The second-order valence-corrected chi connectivity index (χ2v) is 9.24. The van der Waals surface area contributed by atoms with E-state index >= 15 is 0 Å². The molecule has 0 fully saturated rings. The Morgan fingerprint density at radius 2 is 1.58 bits per heavy atom. The van der Waals surface area contributed by atoms with Gasteiger partial charge in [0.2, 0.25) is 0 Å². The van der Waals surface area contributed by atoms with E-state index in [0.717, 1.165) is 31.4 Å². The second kappa shape index (κ2) is 14.1. The van der Waals surface area contributed by atoms with Gasteiger partial charge >= 0.3 is 6.18 Å². The van der Waals surface area contributed by atoms with Crippen LogP contribution in [0, 0.1) is 0 Å². The molecule has 0 aliphatic rings. The first-order valence-electron chi connectivity index (χ1n) is 12.8. The topological polar surface area (TPSA) is 72.9 Å². The quantitative estimate of drug-likeness (QED) is 0.156. The number of hydrogen-bond donors (Lipinski definition) is 0. The van der Waals surface area contributed by atoms with E-state index in [1.165, 1.54) is 51.0 Å². The summed E-state index contributed by atoms with van der Waals surface area (Å²) < 4.78 is 44.3. The van der Waals surface area contributed by atoms with Crippen LogP contribution in [-0.2, 0) is 24.2 Å². The number of alkyl halides is 3. The molecule has 0 N–H and O–H groups in total. The highest BCUT2D eigenvalue weighted by Gasteiger charge is 2.30. The zero-order chi connectivity index (χ0) is 25.8. The van der Waals surface area contributed by atoms with Crippen molar-refractivity contribution in [1.82, 2.24) is 15.6 Å². The predicted octanol–water partition coefficient (Wildman–Crippen LogP) is 8.06. The molecular weight excluding hydrogens is 467 g/mol. The van der Waals surface area contributed by atoms with Crippen LogP contribution < -0.4 is 5.48 Å². The third-order valence-corrected chi connectivity index (χ3v) is 6.33. The van der Waals surface area contributed by atoms with Crippen LogP contribution in [-0.4, -0.2) is 10.1 Å². The second-order valence-electron chi connectivity index (χ2n) is 9.24. The standard InChI is InChI=1S/C28H34F3N3O2/c1-2-3-4-5-6-7-8-9-10-14-26-32-27(36-34-26)23-17-15-22(16-18-23)25(33-35)20-21-12-11-13-24(19-21)28(29,30)31/h11-13,15-19,25H,2-10,14,20H2,1H3. The maximum atomic E-state index is 13.0. The molecule has 2 aromatic carbocycles. The summed E-state index contributed by atoms with van der Waals surface area (Å²) in [5, 5.41) is 15.5. The number of halogens is 3. The molecule has 0 saturated carbocycles. The van der Waals surface area contributed by atoms with Crippen molar-refractivity contribution < 1.29 is 22.9 Å². The molecule has 8 heteroatoms. The normalized spacial score (nSPS) is 12.7. The lowest BCUT2D eigenvalue weighted by atomic mass is 9.97. The molecule has 36 heavy (non-hydrogen) atoms. The molecule has 194 valence electrons. The van der Waals surface area contributed by atoms with Gasteiger partial charge in [0, 0.05) is 12.0 Å². The number of rotatable bonds is 15. The predicted molar refractivity (Wildman–Crippen MR) is 131 cm³/mol. The van der Waals surface area contributed by atoms with Gasteiger partial charge in [-0.05, 0) is 42.2 Å². The highest BCUT2D eigenvalue weighted by Crippen LogP contribution is 2.31. The minimum Gasteiger partial charge on any atom is -0.334 e.